The maximum Gasteiger partial charge on any atom is 0.165 e. The van der Waals surface area contributed by atoms with Crippen molar-refractivity contribution in [2.75, 3.05) is 0 Å². The van der Waals surface area contributed by atoms with Crippen molar-refractivity contribution < 1.29 is 0 Å². The van der Waals surface area contributed by atoms with Gasteiger partial charge in [-0.1, -0.05) is 146 Å². The Morgan fingerprint density at radius 3 is 2.02 bits per heavy atom. The Morgan fingerprint density at radius 1 is 0.473 bits per heavy atom. The second kappa shape index (κ2) is 12.7. The largest absolute Gasteiger partial charge is 0.284 e. The Bertz CT molecular complexity index is 3140. The summed E-state index contributed by atoms with van der Waals surface area (Å²) in [4.78, 5) is 21.1. The highest BCUT2D eigenvalue weighted by Crippen LogP contribution is 2.42. The number of nitrogens with zero attached hydrogens (tertiary/aromatic N) is 5. The zero-order valence-electron chi connectivity index (χ0n) is 29.9. The summed E-state index contributed by atoms with van der Waals surface area (Å²) in [5.41, 5.74) is 14.1. The second-order valence-electron chi connectivity index (χ2n) is 14.2. The van der Waals surface area contributed by atoms with Crippen molar-refractivity contribution in [2.24, 2.45) is 0 Å². The number of hydrogen-bond acceptors (Lipinski definition) is 4. The first-order valence-electron chi connectivity index (χ1n) is 18.8. The van der Waals surface area contributed by atoms with Gasteiger partial charge in [-0.15, -0.1) is 0 Å². The van der Waals surface area contributed by atoms with Crippen molar-refractivity contribution >= 4 is 44.4 Å². The van der Waals surface area contributed by atoms with E-state index in [9.17, 15) is 0 Å². The van der Waals surface area contributed by atoms with Gasteiger partial charge in [-0.25, -0.2) is 19.9 Å². The minimum absolute atomic E-state index is 0.699. The summed E-state index contributed by atoms with van der Waals surface area (Å²) in [5.74, 6) is 0.699. The Morgan fingerprint density at radius 2 is 1.16 bits per heavy atom. The van der Waals surface area contributed by atoms with E-state index in [1.54, 1.807) is 0 Å². The van der Waals surface area contributed by atoms with Gasteiger partial charge in [0.15, 0.2) is 11.5 Å². The van der Waals surface area contributed by atoms with Crippen LogP contribution in [0.25, 0.3) is 101 Å². The van der Waals surface area contributed by atoms with Gasteiger partial charge in [0.25, 0.3) is 0 Å². The van der Waals surface area contributed by atoms with Gasteiger partial charge in [0.1, 0.15) is 11.2 Å². The Balaban J connectivity index is 1.16. The van der Waals surface area contributed by atoms with Crippen LogP contribution in [-0.2, 0) is 6.42 Å². The molecule has 1 aliphatic carbocycles. The molecule has 4 heterocycles. The molecule has 6 aromatic carbocycles. The summed E-state index contributed by atoms with van der Waals surface area (Å²) in [6.07, 6.45) is 8.66. The molecule has 4 aromatic heterocycles. The number of benzene rings is 6. The molecule has 5 heteroatoms. The van der Waals surface area contributed by atoms with E-state index in [4.69, 9.17) is 19.9 Å². The number of aryl methyl sites for hydroxylation is 1. The van der Waals surface area contributed by atoms with Gasteiger partial charge in [0, 0.05) is 44.8 Å². The first-order valence-corrected chi connectivity index (χ1v) is 18.8. The predicted molar refractivity (Wildman–Crippen MR) is 226 cm³/mol. The minimum atomic E-state index is 0.699. The molecule has 55 heavy (non-hydrogen) atoms. The van der Waals surface area contributed by atoms with E-state index >= 15 is 0 Å². The standard InChI is InChI=1S/C50H33N5/c1-2-14-36(15-3-1)49-52-46(39-27-21-32-12-4-6-16-37(32)30-39)44(47(53-49)40-28-22-33-13-5-7-17-38(33)31-40)34-23-25-35(26-24-34)45-41-18-8-9-19-42(41)48-50(54-45)55-29-11-10-20-43(55)51-48/h1-4,6-12,14-31H,5,13H2. The second-order valence-corrected chi connectivity index (χ2v) is 14.2. The zero-order valence-corrected chi connectivity index (χ0v) is 29.9. The highest BCUT2D eigenvalue weighted by Gasteiger charge is 2.22. The summed E-state index contributed by atoms with van der Waals surface area (Å²) in [6, 6.07) is 55.5. The van der Waals surface area contributed by atoms with E-state index in [2.05, 4.69) is 138 Å². The molecule has 0 unspecified atom stereocenters. The molecule has 1 aliphatic rings. The molecular formula is C50H33N5. The topological polar surface area (TPSA) is 56.0 Å². The maximum atomic E-state index is 5.41. The Labute approximate surface area is 318 Å². The normalized spacial score (nSPS) is 12.5. The van der Waals surface area contributed by atoms with Gasteiger partial charge < -0.3 is 0 Å². The summed E-state index contributed by atoms with van der Waals surface area (Å²) in [7, 11) is 0. The van der Waals surface area contributed by atoms with Crippen molar-refractivity contribution in [2.45, 2.75) is 12.8 Å². The molecule has 0 saturated carbocycles. The Kier molecular flexibility index (Phi) is 7.24. The van der Waals surface area contributed by atoms with Crippen LogP contribution >= 0.6 is 0 Å². The fraction of sp³-hybridized carbons (Fsp3) is 0.0400. The third-order valence-corrected chi connectivity index (χ3v) is 10.9. The maximum absolute atomic E-state index is 5.41. The lowest BCUT2D eigenvalue weighted by Crippen LogP contribution is -2.02. The van der Waals surface area contributed by atoms with Crippen LogP contribution in [0.3, 0.4) is 0 Å². The van der Waals surface area contributed by atoms with Crippen LogP contribution in [0.4, 0.5) is 0 Å². The van der Waals surface area contributed by atoms with Crippen LogP contribution in [0.5, 0.6) is 0 Å². The molecular weight excluding hydrogens is 671 g/mol. The number of hydrogen-bond donors (Lipinski definition) is 0. The van der Waals surface area contributed by atoms with Crippen molar-refractivity contribution in [1.82, 2.24) is 24.3 Å². The molecule has 0 amide bonds. The van der Waals surface area contributed by atoms with Crippen LogP contribution in [0.2, 0.25) is 0 Å². The lowest BCUT2D eigenvalue weighted by atomic mass is 9.90. The fourth-order valence-corrected chi connectivity index (χ4v) is 8.13. The van der Waals surface area contributed by atoms with E-state index in [0.717, 1.165) is 90.9 Å². The molecule has 0 atom stereocenters. The van der Waals surface area contributed by atoms with Crippen molar-refractivity contribution in [3.8, 4) is 56.3 Å². The van der Waals surface area contributed by atoms with E-state index in [1.165, 1.54) is 21.9 Å². The van der Waals surface area contributed by atoms with Gasteiger partial charge >= 0.3 is 0 Å². The van der Waals surface area contributed by atoms with Gasteiger partial charge in [0.05, 0.1) is 17.1 Å². The third kappa shape index (κ3) is 5.32. The smallest absolute Gasteiger partial charge is 0.165 e. The molecule has 10 aromatic rings. The molecule has 0 saturated heterocycles. The number of imidazole rings is 1. The highest BCUT2D eigenvalue weighted by atomic mass is 15.1. The first-order chi connectivity index (χ1) is 27.2. The molecule has 0 bridgehead atoms. The van der Waals surface area contributed by atoms with Gasteiger partial charge in [-0.2, -0.15) is 0 Å². The van der Waals surface area contributed by atoms with Crippen LogP contribution in [0.15, 0.2) is 170 Å². The number of allylic oxidation sites excluding steroid dienone is 1. The number of fused-ring (bicyclic) bond motifs is 7. The lowest BCUT2D eigenvalue weighted by molar-refractivity contribution is 0.986. The molecule has 258 valence electrons. The minimum Gasteiger partial charge on any atom is -0.284 e. The van der Waals surface area contributed by atoms with Crippen molar-refractivity contribution in [3.05, 3.63) is 181 Å². The number of rotatable bonds is 5. The molecule has 5 nitrogen and oxygen atoms in total. The summed E-state index contributed by atoms with van der Waals surface area (Å²) in [6.45, 7) is 0. The quantitative estimate of drug-likeness (QED) is 0.179. The SMILES string of the molecule is C1=Cc2cc(-c3nc(-c4ccccc4)nc(-c4ccc5ccccc5c4)c3-c3ccc(-c4nc5c(nc6ccccn65)c5ccccc45)cc3)ccc2CC1. The van der Waals surface area contributed by atoms with Crippen LogP contribution in [0.1, 0.15) is 17.5 Å². The first kappa shape index (κ1) is 31.3. The summed E-state index contributed by atoms with van der Waals surface area (Å²) >= 11 is 0. The molecule has 0 spiro atoms. The average Bonchev–Trinajstić information content (AvgIpc) is 3.65. The van der Waals surface area contributed by atoms with Crippen LogP contribution < -0.4 is 0 Å². The van der Waals surface area contributed by atoms with Gasteiger partial charge in [0.2, 0.25) is 0 Å². The molecule has 0 fully saturated rings. The third-order valence-electron chi connectivity index (χ3n) is 10.9. The molecule has 0 radical (unpaired) electrons. The molecule has 0 N–H and O–H groups in total. The van der Waals surface area contributed by atoms with Crippen LogP contribution in [0, 0.1) is 0 Å². The van der Waals surface area contributed by atoms with Crippen LogP contribution in [-0.4, -0.2) is 24.3 Å². The van der Waals surface area contributed by atoms with Gasteiger partial charge in [-0.3, -0.25) is 4.40 Å². The van der Waals surface area contributed by atoms with E-state index in [-0.39, 0.29) is 0 Å². The summed E-state index contributed by atoms with van der Waals surface area (Å²) < 4.78 is 2.07. The Hall–Kier alpha value is -7.24. The van der Waals surface area contributed by atoms with E-state index < -0.39 is 0 Å². The lowest BCUT2D eigenvalue weighted by Gasteiger charge is -2.19. The number of pyridine rings is 2. The van der Waals surface area contributed by atoms with E-state index in [1.807, 2.05) is 42.6 Å². The zero-order chi connectivity index (χ0) is 36.3. The monoisotopic (exact) mass is 703 g/mol. The molecule has 11 rings (SSSR count). The van der Waals surface area contributed by atoms with Crippen molar-refractivity contribution in [3.63, 3.8) is 0 Å². The molecule has 0 aliphatic heterocycles. The van der Waals surface area contributed by atoms with Crippen molar-refractivity contribution in [1.29, 1.82) is 0 Å². The summed E-state index contributed by atoms with van der Waals surface area (Å²) in [5, 5.41) is 4.52. The average molecular weight is 704 g/mol. The predicted octanol–water partition coefficient (Wildman–Crippen LogP) is 12.3. The van der Waals surface area contributed by atoms with E-state index in [0.29, 0.717) is 5.82 Å². The van der Waals surface area contributed by atoms with Gasteiger partial charge in [-0.05, 0) is 64.6 Å². The highest BCUT2D eigenvalue weighted by molar-refractivity contribution is 6.09. The fourth-order valence-electron chi connectivity index (χ4n) is 8.13. The number of aromatic nitrogens is 5.